The number of alkyl carbamates (subject to hydrolysis) is 1. The molecule has 1 aliphatic carbocycles. The number of pyridine rings is 1. The van der Waals surface area contributed by atoms with Crippen molar-refractivity contribution >= 4 is 22.8 Å². The van der Waals surface area contributed by atoms with E-state index in [9.17, 15) is 4.79 Å². The Labute approximate surface area is 270 Å². The van der Waals surface area contributed by atoms with Crippen LogP contribution >= 0.6 is 0 Å². The van der Waals surface area contributed by atoms with Gasteiger partial charge in [-0.2, -0.15) is 0 Å². The number of nitrogens with zero attached hydrogens (tertiary/aromatic N) is 3. The van der Waals surface area contributed by atoms with Crippen LogP contribution in [0, 0.1) is 0 Å². The van der Waals surface area contributed by atoms with E-state index in [1.54, 1.807) is 7.11 Å². The molecular weight excluding hydrogens is 572 g/mol. The predicted octanol–water partition coefficient (Wildman–Crippen LogP) is 7.39. The Morgan fingerprint density at radius 2 is 1.46 bits per heavy atom. The summed E-state index contributed by atoms with van der Waals surface area (Å²) in [5.41, 5.74) is 5.48. The minimum Gasteiger partial charge on any atom is -0.496 e. The number of benzene rings is 4. The molecule has 1 aromatic heterocycles. The fourth-order valence-electron chi connectivity index (χ4n) is 7.07. The molecule has 46 heavy (non-hydrogen) atoms. The number of carbonyl (C=O) groups is 1. The second kappa shape index (κ2) is 13.2. The normalized spacial score (nSPS) is 15.3. The number of fused-ring (bicyclic) bond motifs is 4. The number of unbranched alkanes of at least 4 members (excludes halogenated alkanes) is 1. The van der Waals surface area contributed by atoms with Gasteiger partial charge in [0.05, 0.1) is 12.6 Å². The molecule has 2 heterocycles. The SMILES string of the molecule is COc1ccccc1CNC(=O)OC1(CCCCN2CCN(c3ccc4ccccc4n3)CC2)c2ccccc2-c2ccccc21. The molecule has 1 amide bonds. The van der Waals surface area contributed by atoms with Gasteiger partial charge >= 0.3 is 6.09 Å². The number of hydrogen-bond donors (Lipinski definition) is 1. The first-order valence-corrected chi connectivity index (χ1v) is 16.3. The standard InChI is InChI=1S/C39H40N4O3/c1-45-36-19-9-3-13-30(36)28-40-38(44)46-39(33-16-6-4-14-31(33)32-15-5-7-17-34(32)39)22-10-11-23-42-24-26-43(27-25-42)37-21-20-29-12-2-8-18-35(29)41-37/h2-9,12-21H,10-11,22-28H2,1H3,(H,40,44). The maximum Gasteiger partial charge on any atom is 0.408 e. The van der Waals surface area contributed by atoms with Gasteiger partial charge in [0.1, 0.15) is 11.6 Å². The first-order chi connectivity index (χ1) is 22.6. The molecule has 7 heteroatoms. The first-order valence-electron chi connectivity index (χ1n) is 16.3. The summed E-state index contributed by atoms with van der Waals surface area (Å²) < 4.78 is 12.0. The number of carbonyl (C=O) groups excluding carboxylic acids is 1. The van der Waals surface area contributed by atoms with Crippen molar-refractivity contribution in [3.8, 4) is 16.9 Å². The molecule has 0 bridgehead atoms. The second-order valence-corrected chi connectivity index (χ2v) is 12.1. The van der Waals surface area contributed by atoms with Crippen molar-refractivity contribution in [3.05, 3.63) is 126 Å². The number of anilines is 1. The molecule has 1 aliphatic heterocycles. The van der Waals surface area contributed by atoms with Gasteiger partial charge in [0.25, 0.3) is 0 Å². The highest BCUT2D eigenvalue weighted by Crippen LogP contribution is 2.52. The molecule has 0 saturated carbocycles. The molecule has 2 aliphatic rings. The van der Waals surface area contributed by atoms with Crippen molar-refractivity contribution in [2.24, 2.45) is 0 Å². The van der Waals surface area contributed by atoms with E-state index in [1.165, 1.54) is 5.39 Å². The Morgan fingerprint density at radius 1 is 0.783 bits per heavy atom. The molecule has 7 nitrogen and oxygen atoms in total. The molecule has 7 rings (SSSR count). The van der Waals surface area contributed by atoms with Crippen molar-refractivity contribution < 1.29 is 14.3 Å². The number of nitrogens with one attached hydrogen (secondary N) is 1. The molecule has 0 spiro atoms. The maximum absolute atomic E-state index is 13.5. The summed E-state index contributed by atoms with van der Waals surface area (Å²) in [5.74, 6) is 1.79. The lowest BCUT2D eigenvalue weighted by Crippen LogP contribution is -2.47. The van der Waals surface area contributed by atoms with Gasteiger partial charge in [-0.1, -0.05) is 84.9 Å². The summed E-state index contributed by atoms with van der Waals surface area (Å²) in [6.45, 7) is 5.28. The number of amides is 1. The van der Waals surface area contributed by atoms with Crippen LogP contribution in [-0.2, 0) is 16.9 Å². The van der Waals surface area contributed by atoms with Gasteiger partial charge in [-0.05, 0) is 61.2 Å². The lowest BCUT2D eigenvalue weighted by molar-refractivity contribution is 0.0325. The van der Waals surface area contributed by atoms with Crippen molar-refractivity contribution in [1.82, 2.24) is 15.2 Å². The third kappa shape index (κ3) is 5.90. The van der Waals surface area contributed by atoms with Crippen LogP contribution in [0.2, 0.25) is 0 Å². The molecule has 4 aromatic carbocycles. The third-order valence-electron chi connectivity index (χ3n) is 9.43. The van der Waals surface area contributed by atoms with Gasteiger partial charge in [-0.3, -0.25) is 4.90 Å². The summed E-state index contributed by atoms with van der Waals surface area (Å²) in [6.07, 6.45) is 2.22. The molecule has 0 unspecified atom stereocenters. The van der Waals surface area contributed by atoms with Gasteiger partial charge in [-0.25, -0.2) is 9.78 Å². The monoisotopic (exact) mass is 612 g/mol. The number of aromatic nitrogens is 1. The van der Waals surface area contributed by atoms with Crippen LogP contribution in [0.15, 0.2) is 109 Å². The van der Waals surface area contributed by atoms with Crippen molar-refractivity contribution in [3.63, 3.8) is 0 Å². The number of methoxy groups -OCH3 is 1. The lowest BCUT2D eigenvalue weighted by atomic mass is 9.86. The lowest BCUT2D eigenvalue weighted by Gasteiger charge is -2.36. The van der Waals surface area contributed by atoms with E-state index in [-0.39, 0.29) is 0 Å². The zero-order valence-corrected chi connectivity index (χ0v) is 26.3. The molecule has 0 radical (unpaired) electrons. The fraction of sp³-hybridized carbons (Fsp3) is 0.282. The highest BCUT2D eigenvalue weighted by atomic mass is 16.6. The average Bonchev–Trinajstić information content (AvgIpc) is 3.38. The van der Waals surface area contributed by atoms with Crippen molar-refractivity contribution in [2.45, 2.75) is 31.4 Å². The van der Waals surface area contributed by atoms with E-state index in [4.69, 9.17) is 14.5 Å². The predicted molar refractivity (Wildman–Crippen MR) is 183 cm³/mol. The van der Waals surface area contributed by atoms with Gasteiger partial charge in [-0.15, -0.1) is 0 Å². The third-order valence-corrected chi connectivity index (χ3v) is 9.43. The second-order valence-electron chi connectivity index (χ2n) is 12.1. The van der Waals surface area contributed by atoms with Gasteiger partial charge < -0.3 is 19.7 Å². The molecule has 1 fully saturated rings. The summed E-state index contributed by atoms with van der Waals surface area (Å²) in [6, 6.07) is 37.0. The number of hydrogen-bond acceptors (Lipinski definition) is 6. The van der Waals surface area contributed by atoms with E-state index in [1.807, 2.05) is 42.5 Å². The Hall–Kier alpha value is -4.88. The highest BCUT2D eigenvalue weighted by molar-refractivity contribution is 5.82. The zero-order chi connectivity index (χ0) is 31.3. The van der Waals surface area contributed by atoms with Crippen molar-refractivity contribution in [2.75, 3.05) is 44.7 Å². The topological polar surface area (TPSA) is 66.9 Å². The minimum absolute atomic E-state index is 0.322. The van der Waals surface area contributed by atoms with Gasteiger partial charge in [0.2, 0.25) is 0 Å². The first kappa shape index (κ1) is 29.8. The summed E-state index contributed by atoms with van der Waals surface area (Å²) >= 11 is 0. The number of rotatable bonds is 10. The van der Waals surface area contributed by atoms with Crippen LogP contribution in [0.5, 0.6) is 5.75 Å². The maximum atomic E-state index is 13.5. The fourth-order valence-corrected chi connectivity index (χ4v) is 7.07. The Balaban J connectivity index is 1.01. The van der Waals surface area contributed by atoms with E-state index in [0.29, 0.717) is 13.0 Å². The van der Waals surface area contributed by atoms with E-state index in [0.717, 1.165) is 90.5 Å². The van der Waals surface area contributed by atoms with Crippen LogP contribution in [-0.4, -0.2) is 55.8 Å². The smallest absolute Gasteiger partial charge is 0.408 e. The van der Waals surface area contributed by atoms with Crippen LogP contribution in [0.3, 0.4) is 0 Å². The molecular formula is C39H40N4O3. The average molecular weight is 613 g/mol. The number of para-hydroxylation sites is 2. The summed E-state index contributed by atoms with van der Waals surface area (Å²) in [7, 11) is 1.64. The molecule has 0 atom stereocenters. The zero-order valence-electron chi connectivity index (χ0n) is 26.3. The minimum atomic E-state index is -0.849. The molecule has 234 valence electrons. The van der Waals surface area contributed by atoms with Gasteiger partial charge in [0, 0.05) is 54.8 Å². The van der Waals surface area contributed by atoms with Crippen LogP contribution < -0.4 is 15.0 Å². The summed E-state index contributed by atoms with van der Waals surface area (Å²) in [5, 5.41) is 4.17. The Bertz CT molecular complexity index is 1790. The van der Waals surface area contributed by atoms with E-state index in [2.05, 4.69) is 81.8 Å². The molecule has 1 N–H and O–H groups in total. The summed E-state index contributed by atoms with van der Waals surface area (Å²) in [4.78, 5) is 23.3. The quantitative estimate of drug-likeness (QED) is 0.166. The van der Waals surface area contributed by atoms with Crippen LogP contribution in [0.25, 0.3) is 22.0 Å². The van der Waals surface area contributed by atoms with Crippen LogP contribution in [0.4, 0.5) is 10.6 Å². The highest BCUT2D eigenvalue weighted by Gasteiger charge is 2.46. The molecule has 1 saturated heterocycles. The van der Waals surface area contributed by atoms with Crippen molar-refractivity contribution in [1.29, 1.82) is 0 Å². The number of piperazine rings is 1. The Kier molecular flexibility index (Phi) is 8.57. The van der Waals surface area contributed by atoms with Gasteiger partial charge in [0.15, 0.2) is 5.60 Å². The van der Waals surface area contributed by atoms with Crippen LogP contribution in [0.1, 0.15) is 36.0 Å². The molecule has 5 aromatic rings. The number of ether oxygens (including phenoxy) is 2. The largest absolute Gasteiger partial charge is 0.496 e. The Morgan fingerprint density at radius 3 is 2.22 bits per heavy atom. The van der Waals surface area contributed by atoms with E-state index >= 15 is 0 Å². The van der Waals surface area contributed by atoms with E-state index < -0.39 is 11.7 Å².